The molecule has 0 aromatic heterocycles. The summed E-state index contributed by atoms with van der Waals surface area (Å²) in [5, 5.41) is 22.9. The molecule has 8 heteroatoms. The average molecular weight is 303 g/mol. The van der Waals surface area contributed by atoms with Crippen molar-refractivity contribution in [1.82, 2.24) is 0 Å². The lowest BCUT2D eigenvalue weighted by Gasteiger charge is -2.26. The third-order valence-electron chi connectivity index (χ3n) is 3.58. The van der Waals surface area contributed by atoms with E-state index in [1.54, 1.807) is 31.2 Å². The van der Waals surface area contributed by atoms with Crippen LogP contribution in [0.25, 0.3) is 0 Å². The summed E-state index contributed by atoms with van der Waals surface area (Å²) < 4.78 is 4.81. The molecule has 0 radical (unpaired) electrons. The molecule has 1 heterocycles. The van der Waals surface area contributed by atoms with Gasteiger partial charge in [-0.15, -0.1) is 0 Å². The number of hydrogen-bond acceptors (Lipinski definition) is 6. The number of nitro groups is 1. The van der Waals surface area contributed by atoms with E-state index in [1.165, 1.54) is 6.07 Å². The quantitative estimate of drug-likeness (QED) is 0.489. The van der Waals surface area contributed by atoms with Crippen molar-refractivity contribution in [3.05, 3.63) is 39.9 Å². The van der Waals surface area contributed by atoms with Gasteiger partial charge in [-0.05, 0) is 18.6 Å². The zero-order chi connectivity index (χ0) is 16.3. The van der Waals surface area contributed by atoms with E-state index in [0.29, 0.717) is 5.69 Å². The van der Waals surface area contributed by atoms with Gasteiger partial charge in [0.15, 0.2) is 11.3 Å². The molecule has 0 fully saturated rings. The van der Waals surface area contributed by atoms with Crippen LogP contribution in [0.5, 0.6) is 0 Å². The lowest BCUT2D eigenvalue weighted by molar-refractivity contribution is -0.488. The van der Waals surface area contributed by atoms with Crippen LogP contribution in [0.3, 0.4) is 0 Å². The highest BCUT2D eigenvalue weighted by atomic mass is 16.6. The van der Waals surface area contributed by atoms with E-state index < -0.39 is 34.7 Å². The van der Waals surface area contributed by atoms with Crippen molar-refractivity contribution in [2.75, 3.05) is 18.5 Å². The van der Waals surface area contributed by atoms with Crippen LogP contribution in [0.1, 0.15) is 12.5 Å². The second kappa shape index (κ2) is 5.81. The highest BCUT2D eigenvalue weighted by Gasteiger charge is 2.59. The molecule has 0 saturated heterocycles. The van der Waals surface area contributed by atoms with Gasteiger partial charge in [-0.2, -0.15) is 5.26 Å². The molecule has 22 heavy (non-hydrogen) atoms. The van der Waals surface area contributed by atoms with Crippen LogP contribution < -0.4 is 5.32 Å². The van der Waals surface area contributed by atoms with Crippen molar-refractivity contribution in [1.29, 1.82) is 5.26 Å². The summed E-state index contributed by atoms with van der Waals surface area (Å²) in [7, 11) is 0. The minimum Gasteiger partial charge on any atom is -0.465 e. The molecule has 2 rings (SSSR count). The number of benzene rings is 1. The summed E-state index contributed by atoms with van der Waals surface area (Å²) in [5.41, 5.74) is -1.27. The number of fused-ring (bicyclic) bond motifs is 1. The van der Waals surface area contributed by atoms with Gasteiger partial charge in [-0.3, -0.25) is 19.7 Å². The molecule has 0 saturated carbocycles. The van der Waals surface area contributed by atoms with Gasteiger partial charge in [-0.25, -0.2) is 0 Å². The van der Waals surface area contributed by atoms with Crippen molar-refractivity contribution in [2.24, 2.45) is 5.92 Å². The number of anilines is 1. The molecule has 0 unspecified atom stereocenters. The standard InChI is InChI=1S/C14H13N3O5/c1-2-22-12(18)10(7-15)14(8-17(20)21)9-5-3-4-6-11(9)16-13(14)19/h3-6,10H,2,8H2,1H3,(H,16,19)/t10-,14-/m1/s1. The molecule has 0 aliphatic carbocycles. The number of rotatable bonds is 5. The highest BCUT2D eigenvalue weighted by molar-refractivity contribution is 6.09. The van der Waals surface area contributed by atoms with Gasteiger partial charge in [0, 0.05) is 10.6 Å². The second-order valence-corrected chi connectivity index (χ2v) is 4.78. The monoisotopic (exact) mass is 303 g/mol. The zero-order valence-electron chi connectivity index (χ0n) is 11.7. The maximum atomic E-state index is 12.4. The Bertz CT molecular complexity index is 681. The molecule has 0 spiro atoms. The van der Waals surface area contributed by atoms with Gasteiger partial charge >= 0.3 is 5.97 Å². The third-order valence-corrected chi connectivity index (χ3v) is 3.58. The number of nitrogens with one attached hydrogen (secondary N) is 1. The summed E-state index contributed by atoms with van der Waals surface area (Å²) >= 11 is 0. The number of ether oxygens (including phenoxy) is 1. The first-order valence-corrected chi connectivity index (χ1v) is 6.56. The zero-order valence-corrected chi connectivity index (χ0v) is 11.7. The number of para-hydroxylation sites is 1. The molecule has 1 aromatic carbocycles. The number of esters is 1. The second-order valence-electron chi connectivity index (χ2n) is 4.78. The Kier molecular flexibility index (Phi) is 4.08. The molecular weight excluding hydrogens is 290 g/mol. The Morgan fingerprint density at radius 1 is 1.55 bits per heavy atom. The lowest BCUT2D eigenvalue weighted by atomic mass is 9.71. The summed E-state index contributed by atoms with van der Waals surface area (Å²) in [4.78, 5) is 34.9. The minimum absolute atomic E-state index is 0.00875. The predicted octanol–water partition coefficient (Wildman–Crippen LogP) is 0.856. The number of nitrogens with zero attached hydrogens (tertiary/aromatic N) is 2. The first-order chi connectivity index (χ1) is 10.5. The number of amides is 1. The smallest absolute Gasteiger partial charge is 0.325 e. The van der Waals surface area contributed by atoms with Crippen LogP contribution in [-0.2, 0) is 19.7 Å². The van der Waals surface area contributed by atoms with Crippen LogP contribution in [0.2, 0.25) is 0 Å². The van der Waals surface area contributed by atoms with Crippen molar-refractivity contribution < 1.29 is 19.2 Å². The number of hydrogen-bond donors (Lipinski definition) is 1. The Morgan fingerprint density at radius 3 is 2.82 bits per heavy atom. The molecule has 1 N–H and O–H groups in total. The van der Waals surface area contributed by atoms with Crippen molar-refractivity contribution in [2.45, 2.75) is 12.3 Å². The van der Waals surface area contributed by atoms with Gasteiger partial charge in [0.05, 0.1) is 12.7 Å². The minimum atomic E-state index is -1.89. The average Bonchev–Trinajstić information content (AvgIpc) is 2.73. The van der Waals surface area contributed by atoms with Crippen LogP contribution in [0.4, 0.5) is 5.69 Å². The van der Waals surface area contributed by atoms with Gasteiger partial charge < -0.3 is 10.1 Å². The van der Waals surface area contributed by atoms with E-state index in [9.17, 15) is 25.0 Å². The third kappa shape index (κ3) is 2.26. The van der Waals surface area contributed by atoms with E-state index >= 15 is 0 Å². The van der Waals surface area contributed by atoms with Crippen LogP contribution >= 0.6 is 0 Å². The topological polar surface area (TPSA) is 122 Å². The molecule has 8 nitrogen and oxygen atoms in total. The van der Waals surface area contributed by atoms with E-state index in [4.69, 9.17) is 4.74 Å². The van der Waals surface area contributed by atoms with Gasteiger partial charge in [0.1, 0.15) is 0 Å². The molecule has 2 atom stereocenters. The summed E-state index contributed by atoms with van der Waals surface area (Å²) in [6, 6.07) is 8.01. The fourth-order valence-electron chi connectivity index (χ4n) is 2.67. The normalized spacial score (nSPS) is 20.5. The van der Waals surface area contributed by atoms with Gasteiger partial charge in [0.2, 0.25) is 12.5 Å². The first-order valence-electron chi connectivity index (χ1n) is 6.56. The Labute approximate surface area is 125 Å². The van der Waals surface area contributed by atoms with E-state index in [1.807, 2.05) is 0 Å². The molecule has 114 valence electrons. The Hall–Kier alpha value is -2.95. The summed E-state index contributed by atoms with van der Waals surface area (Å²) in [6.45, 7) is 0.691. The molecule has 1 amide bonds. The van der Waals surface area contributed by atoms with Gasteiger partial charge in [0.25, 0.3) is 0 Å². The van der Waals surface area contributed by atoms with Crippen molar-refractivity contribution in [3.8, 4) is 6.07 Å². The molecule has 0 bridgehead atoms. The molecule has 1 aromatic rings. The Morgan fingerprint density at radius 2 is 2.23 bits per heavy atom. The number of nitriles is 1. The number of carbonyl (C=O) groups excluding carboxylic acids is 2. The van der Waals surface area contributed by atoms with Crippen LogP contribution in [0.15, 0.2) is 24.3 Å². The predicted molar refractivity (Wildman–Crippen MR) is 74.3 cm³/mol. The lowest BCUT2D eigenvalue weighted by Crippen LogP contribution is -2.50. The van der Waals surface area contributed by atoms with Crippen LogP contribution in [-0.4, -0.2) is 30.0 Å². The first kappa shape index (κ1) is 15.4. The van der Waals surface area contributed by atoms with E-state index in [-0.39, 0.29) is 12.2 Å². The maximum Gasteiger partial charge on any atom is 0.325 e. The fourth-order valence-corrected chi connectivity index (χ4v) is 2.67. The highest BCUT2D eigenvalue weighted by Crippen LogP contribution is 2.43. The summed E-state index contributed by atoms with van der Waals surface area (Å²) in [5.74, 6) is -3.29. The van der Waals surface area contributed by atoms with E-state index in [2.05, 4.69) is 5.32 Å². The van der Waals surface area contributed by atoms with Gasteiger partial charge in [-0.1, -0.05) is 18.2 Å². The molecular formula is C14H13N3O5. The Balaban J connectivity index is 2.63. The molecule has 1 aliphatic rings. The van der Waals surface area contributed by atoms with E-state index in [0.717, 1.165) is 0 Å². The summed E-state index contributed by atoms with van der Waals surface area (Å²) in [6.07, 6.45) is 0. The van der Waals surface area contributed by atoms with Crippen molar-refractivity contribution >= 4 is 17.6 Å². The fraction of sp³-hybridized carbons (Fsp3) is 0.357. The maximum absolute atomic E-state index is 12.4. The number of carbonyl (C=O) groups is 2. The molecule has 1 aliphatic heterocycles. The van der Waals surface area contributed by atoms with Crippen molar-refractivity contribution in [3.63, 3.8) is 0 Å². The SMILES string of the molecule is CCOC(=O)[C@@H](C#N)[C@]1(C[N+](=O)[O-])C(=O)Nc2ccccc21. The van der Waals surface area contributed by atoms with Crippen LogP contribution in [0, 0.1) is 27.4 Å². The largest absolute Gasteiger partial charge is 0.465 e.